The fourth-order valence-electron chi connectivity index (χ4n) is 3.70. The first-order valence-electron chi connectivity index (χ1n) is 10.6. The molecular weight excluding hydrogens is 358 g/mol. The van der Waals surface area contributed by atoms with Crippen molar-refractivity contribution in [1.82, 2.24) is 0 Å². The number of anilines is 1. The van der Waals surface area contributed by atoms with Crippen molar-refractivity contribution in [1.29, 1.82) is 10.5 Å². The van der Waals surface area contributed by atoms with Gasteiger partial charge in [-0.15, -0.1) is 0 Å². The van der Waals surface area contributed by atoms with Crippen LogP contribution in [-0.2, 0) is 6.42 Å². The molecule has 4 heteroatoms. The molecule has 2 N–H and O–H groups in total. The number of nitriles is 2. The van der Waals surface area contributed by atoms with Crippen LogP contribution in [0, 0.1) is 22.7 Å². The predicted octanol–water partition coefficient (Wildman–Crippen LogP) is 6.37. The molecule has 152 valence electrons. The molecule has 0 saturated carbocycles. The minimum Gasteiger partial charge on any atom is -0.497 e. The summed E-state index contributed by atoms with van der Waals surface area (Å²) in [5.74, 6) is 0.762. The van der Waals surface area contributed by atoms with Gasteiger partial charge in [0.2, 0.25) is 0 Å². The first-order valence-corrected chi connectivity index (χ1v) is 10.6. The summed E-state index contributed by atoms with van der Waals surface area (Å²) in [5, 5.41) is 19.2. The Hall–Kier alpha value is -2.98. The highest BCUT2D eigenvalue weighted by Crippen LogP contribution is 2.35. The largest absolute Gasteiger partial charge is 0.497 e. The highest BCUT2D eigenvalue weighted by molar-refractivity contribution is 5.83. The SMILES string of the molecule is CCCCCCCCCCc1cc(C#N)c(N)c(C#N)c1-c1ccc(OC)cc1. The van der Waals surface area contributed by atoms with Gasteiger partial charge in [0.15, 0.2) is 0 Å². The summed E-state index contributed by atoms with van der Waals surface area (Å²) >= 11 is 0. The molecule has 0 saturated heterocycles. The minimum absolute atomic E-state index is 0.264. The third kappa shape index (κ3) is 6.00. The van der Waals surface area contributed by atoms with Crippen molar-refractivity contribution in [2.45, 2.75) is 64.7 Å². The van der Waals surface area contributed by atoms with Crippen molar-refractivity contribution in [3.63, 3.8) is 0 Å². The number of benzene rings is 2. The average molecular weight is 390 g/mol. The van der Waals surface area contributed by atoms with Gasteiger partial charge in [0.25, 0.3) is 0 Å². The molecule has 0 spiro atoms. The van der Waals surface area contributed by atoms with Crippen LogP contribution in [-0.4, -0.2) is 7.11 Å². The zero-order chi connectivity index (χ0) is 21.1. The predicted molar refractivity (Wildman–Crippen MR) is 119 cm³/mol. The van der Waals surface area contributed by atoms with Crippen LogP contribution in [0.3, 0.4) is 0 Å². The lowest BCUT2D eigenvalue weighted by Crippen LogP contribution is -2.03. The molecule has 2 rings (SSSR count). The van der Waals surface area contributed by atoms with Crippen LogP contribution >= 0.6 is 0 Å². The van der Waals surface area contributed by atoms with Crippen LogP contribution in [0.25, 0.3) is 11.1 Å². The molecule has 0 heterocycles. The van der Waals surface area contributed by atoms with Gasteiger partial charge in [0.1, 0.15) is 17.9 Å². The topological polar surface area (TPSA) is 82.8 Å². The molecule has 0 bridgehead atoms. The third-order valence-corrected chi connectivity index (χ3v) is 5.36. The van der Waals surface area contributed by atoms with Gasteiger partial charge in [-0.3, -0.25) is 0 Å². The number of ether oxygens (including phenoxy) is 1. The van der Waals surface area contributed by atoms with Crippen molar-refractivity contribution in [3.8, 4) is 29.0 Å². The summed E-state index contributed by atoms with van der Waals surface area (Å²) in [7, 11) is 1.63. The number of rotatable bonds is 11. The maximum atomic E-state index is 9.75. The Morgan fingerprint density at radius 1 is 0.897 bits per heavy atom. The Kier molecular flexibility index (Phi) is 9.06. The number of unbranched alkanes of at least 4 members (excludes halogenated alkanes) is 7. The Balaban J connectivity index is 2.21. The quantitative estimate of drug-likeness (QED) is 0.357. The van der Waals surface area contributed by atoms with E-state index in [0.29, 0.717) is 11.1 Å². The summed E-state index contributed by atoms with van der Waals surface area (Å²) in [6, 6.07) is 13.9. The van der Waals surface area contributed by atoms with Crippen LogP contribution in [0.2, 0.25) is 0 Å². The van der Waals surface area contributed by atoms with E-state index in [2.05, 4.69) is 19.1 Å². The van der Waals surface area contributed by atoms with E-state index in [1.165, 1.54) is 38.5 Å². The number of methoxy groups -OCH3 is 1. The van der Waals surface area contributed by atoms with Crippen molar-refractivity contribution in [2.75, 3.05) is 12.8 Å². The summed E-state index contributed by atoms with van der Waals surface area (Å²) in [6.45, 7) is 2.23. The molecule has 0 aromatic heterocycles. The fraction of sp³-hybridized carbons (Fsp3) is 0.440. The second-order valence-electron chi connectivity index (χ2n) is 7.42. The Labute approximate surface area is 174 Å². The maximum absolute atomic E-state index is 9.75. The van der Waals surface area contributed by atoms with Gasteiger partial charge < -0.3 is 10.5 Å². The molecule has 0 aliphatic carbocycles. The van der Waals surface area contributed by atoms with Crippen LogP contribution < -0.4 is 10.5 Å². The Morgan fingerprint density at radius 3 is 2.07 bits per heavy atom. The highest BCUT2D eigenvalue weighted by Gasteiger charge is 2.17. The lowest BCUT2D eigenvalue weighted by molar-refractivity contribution is 0.415. The van der Waals surface area contributed by atoms with E-state index >= 15 is 0 Å². The molecule has 4 nitrogen and oxygen atoms in total. The number of nitrogens with two attached hydrogens (primary N) is 1. The number of hydrogen-bond donors (Lipinski definition) is 1. The average Bonchev–Trinajstić information content (AvgIpc) is 2.76. The molecule has 0 aliphatic heterocycles. The molecule has 0 aliphatic rings. The number of aryl methyl sites for hydroxylation is 1. The Morgan fingerprint density at radius 2 is 1.52 bits per heavy atom. The number of nitrogens with zero attached hydrogens (tertiary/aromatic N) is 2. The molecule has 0 fully saturated rings. The smallest absolute Gasteiger partial charge is 0.118 e. The van der Waals surface area contributed by atoms with Gasteiger partial charge >= 0.3 is 0 Å². The summed E-state index contributed by atoms with van der Waals surface area (Å²) in [6.07, 6.45) is 10.8. The van der Waals surface area contributed by atoms with Gasteiger partial charge in [-0.2, -0.15) is 10.5 Å². The van der Waals surface area contributed by atoms with Crippen molar-refractivity contribution in [3.05, 3.63) is 47.0 Å². The van der Waals surface area contributed by atoms with Crippen molar-refractivity contribution < 1.29 is 4.74 Å². The van der Waals surface area contributed by atoms with E-state index < -0.39 is 0 Å². The van der Waals surface area contributed by atoms with Gasteiger partial charge in [-0.1, -0.05) is 64.0 Å². The number of nitrogen functional groups attached to an aromatic ring is 1. The molecule has 2 aromatic rings. The zero-order valence-electron chi connectivity index (χ0n) is 17.6. The van der Waals surface area contributed by atoms with Crippen LogP contribution in [0.4, 0.5) is 5.69 Å². The van der Waals surface area contributed by atoms with E-state index in [9.17, 15) is 10.5 Å². The third-order valence-electron chi connectivity index (χ3n) is 5.36. The van der Waals surface area contributed by atoms with E-state index in [4.69, 9.17) is 10.5 Å². The van der Waals surface area contributed by atoms with E-state index in [-0.39, 0.29) is 5.69 Å². The van der Waals surface area contributed by atoms with E-state index in [0.717, 1.165) is 41.7 Å². The molecular formula is C25H31N3O. The second kappa shape index (κ2) is 11.8. The van der Waals surface area contributed by atoms with Crippen molar-refractivity contribution >= 4 is 5.69 Å². The van der Waals surface area contributed by atoms with Gasteiger partial charge in [0, 0.05) is 5.56 Å². The van der Waals surface area contributed by atoms with E-state index in [1.54, 1.807) is 7.11 Å². The van der Waals surface area contributed by atoms with Crippen LogP contribution in [0.5, 0.6) is 5.75 Å². The molecule has 0 unspecified atom stereocenters. The van der Waals surface area contributed by atoms with Gasteiger partial charge in [-0.25, -0.2) is 0 Å². The standard InChI is InChI=1S/C25H31N3O/c1-3-4-5-6-7-8-9-10-11-20-16-21(17-26)25(28)23(18-27)24(20)19-12-14-22(29-2)15-13-19/h12-16H,3-11,28H2,1-2H3. The molecule has 0 amide bonds. The zero-order valence-corrected chi connectivity index (χ0v) is 17.6. The minimum atomic E-state index is 0.264. The lowest BCUT2D eigenvalue weighted by Gasteiger charge is -2.15. The van der Waals surface area contributed by atoms with Crippen LogP contribution in [0.15, 0.2) is 30.3 Å². The maximum Gasteiger partial charge on any atom is 0.118 e. The summed E-state index contributed by atoms with van der Waals surface area (Å²) in [5.41, 5.74) is 9.96. The summed E-state index contributed by atoms with van der Waals surface area (Å²) < 4.78 is 5.25. The molecule has 0 radical (unpaired) electrons. The molecule has 29 heavy (non-hydrogen) atoms. The van der Waals surface area contributed by atoms with E-state index in [1.807, 2.05) is 30.3 Å². The van der Waals surface area contributed by atoms with Gasteiger partial charge in [0.05, 0.1) is 23.9 Å². The molecule has 0 atom stereocenters. The fourth-order valence-corrected chi connectivity index (χ4v) is 3.70. The Bertz CT molecular complexity index is 873. The highest BCUT2D eigenvalue weighted by atomic mass is 16.5. The summed E-state index contributed by atoms with van der Waals surface area (Å²) in [4.78, 5) is 0. The number of hydrogen-bond acceptors (Lipinski definition) is 4. The normalized spacial score (nSPS) is 10.3. The molecule has 2 aromatic carbocycles. The first kappa shape index (κ1) is 22.3. The van der Waals surface area contributed by atoms with Crippen molar-refractivity contribution in [2.24, 2.45) is 0 Å². The van der Waals surface area contributed by atoms with Gasteiger partial charge in [-0.05, 0) is 42.2 Å². The van der Waals surface area contributed by atoms with Crippen LogP contribution in [0.1, 0.15) is 75.0 Å². The first-order chi connectivity index (χ1) is 14.2. The lowest BCUT2D eigenvalue weighted by atomic mass is 9.88. The second-order valence-corrected chi connectivity index (χ2v) is 7.42. The monoisotopic (exact) mass is 389 g/mol.